The van der Waals surface area contributed by atoms with Crippen molar-refractivity contribution >= 4 is 11.6 Å². The van der Waals surface area contributed by atoms with Crippen LogP contribution in [0.1, 0.15) is 35.2 Å². The Balaban J connectivity index is 1.22. The number of halogens is 1. The third kappa shape index (κ3) is 4.48. The van der Waals surface area contributed by atoms with E-state index in [9.17, 15) is 9.18 Å². The van der Waals surface area contributed by atoms with Crippen LogP contribution in [0.4, 0.5) is 10.1 Å². The molecule has 2 aliphatic heterocycles. The monoisotopic (exact) mass is 367 g/mol. The third-order valence-electron chi connectivity index (χ3n) is 5.69. The molecule has 2 heterocycles. The van der Waals surface area contributed by atoms with Crippen molar-refractivity contribution in [2.75, 3.05) is 25.0 Å². The van der Waals surface area contributed by atoms with Crippen molar-refractivity contribution in [3.05, 3.63) is 65.5 Å². The lowest BCUT2D eigenvalue weighted by molar-refractivity contribution is 0.0928. The standard InChI is InChI=1S/C22H26FN3O/c23-18-7-5-16(6-8-18)15-17-9-12-26(13-10-17)14-11-21-24-20-4-2-1-3-19(20)22(27)25-21/h1-8,17,21,24H,9-15H2,(H,25,27). The maximum absolute atomic E-state index is 13.0. The molecule has 1 amide bonds. The molecule has 4 rings (SSSR count). The van der Waals surface area contributed by atoms with Crippen molar-refractivity contribution < 1.29 is 9.18 Å². The molecule has 5 heteroatoms. The zero-order chi connectivity index (χ0) is 18.6. The first-order chi connectivity index (χ1) is 13.2. The van der Waals surface area contributed by atoms with Crippen molar-refractivity contribution in [1.29, 1.82) is 0 Å². The smallest absolute Gasteiger partial charge is 0.254 e. The SMILES string of the molecule is O=C1NC(CCN2CCC(Cc3ccc(F)cc3)CC2)Nc2ccccc21. The van der Waals surface area contributed by atoms with Gasteiger partial charge in [-0.3, -0.25) is 4.79 Å². The van der Waals surface area contributed by atoms with E-state index in [1.54, 1.807) is 12.1 Å². The van der Waals surface area contributed by atoms with Crippen LogP contribution in [0.2, 0.25) is 0 Å². The molecule has 27 heavy (non-hydrogen) atoms. The van der Waals surface area contributed by atoms with Crippen molar-refractivity contribution in [2.45, 2.75) is 31.8 Å². The Hall–Kier alpha value is -2.40. The van der Waals surface area contributed by atoms with Gasteiger partial charge in [-0.2, -0.15) is 0 Å². The van der Waals surface area contributed by atoms with Gasteiger partial charge in [0, 0.05) is 12.2 Å². The second kappa shape index (κ2) is 8.09. The van der Waals surface area contributed by atoms with Crippen molar-refractivity contribution in [3.63, 3.8) is 0 Å². The van der Waals surface area contributed by atoms with Gasteiger partial charge in [-0.05, 0) is 74.5 Å². The number of hydrogen-bond acceptors (Lipinski definition) is 3. The molecular formula is C22H26FN3O. The van der Waals surface area contributed by atoms with Crippen LogP contribution in [-0.4, -0.2) is 36.6 Å². The fourth-order valence-corrected chi connectivity index (χ4v) is 4.09. The van der Waals surface area contributed by atoms with Crippen LogP contribution >= 0.6 is 0 Å². The van der Waals surface area contributed by atoms with Crippen LogP contribution in [0.5, 0.6) is 0 Å². The first-order valence-corrected chi connectivity index (χ1v) is 9.80. The molecule has 0 saturated carbocycles. The summed E-state index contributed by atoms with van der Waals surface area (Å²) in [4.78, 5) is 14.7. The summed E-state index contributed by atoms with van der Waals surface area (Å²) in [5.74, 6) is 0.512. The molecule has 0 radical (unpaired) electrons. The topological polar surface area (TPSA) is 44.4 Å². The van der Waals surface area contributed by atoms with E-state index in [1.807, 2.05) is 36.4 Å². The van der Waals surface area contributed by atoms with Gasteiger partial charge in [0.1, 0.15) is 12.0 Å². The summed E-state index contributed by atoms with van der Waals surface area (Å²) in [6, 6.07) is 14.5. The fourth-order valence-electron chi connectivity index (χ4n) is 4.09. The highest BCUT2D eigenvalue weighted by Gasteiger charge is 2.24. The van der Waals surface area contributed by atoms with Gasteiger partial charge in [-0.1, -0.05) is 24.3 Å². The second-order valence-corrected chi connectivity index (χ2v) is 7.62. The number of hydrogen-bond donors (Lipinski definition) is 2. The third-order valence-corrected chi connectivity index (χ3v) is 5.69. The van der Waals surface area contributed by atoms with Gasteiger partial charge in [0.2, 0.25) is 0 Å². The molecule has 2 aromatic carbocycles. The largest absolute Gasteiger partial charge is 0.365 e. The molecule has 0 spiro atoms. The lowest BCUT2D eigenvalue weighted by atomic mass is 9.90. The Morgan fingerprint density at radius 2 is 1.74 bits per heavy atom. The molecule has 1 atom stereocenters. The maximum Gasteiger partial charge on any atom is 0.254 e. The molecule has 0 aromatic heterocycles. The van der Waals surface area contributed by atoms with E-state index < -0.39 is 0 Å². The molecule has 4 nitrogen and oxygen atoms in total. The highest BCUT2D eigenvalue weighted by Crippen LogP contribution is 2.23. The van der Waals surface area contributed by atoms with Gasteiger partial charge in [0.25, 0.3) is 5.91 Å². The minimum Gasteiger partial charge on any atom is -0.365 e. The molecule has 0 aliphatic carbocycles. The molecule has 2 aliphatic rings. The fraction of sp³-hybridized carbons (Fsp3) is 0.409. The summed E-state index contributed by atoms with van der Waals surface area (Å²) >= 11 is 0. The van der Waals surface area contributed by atoms with Crippen LogP contribution in [-0.2, 0) is 6.42 Å². The van der Waals surface area contributed by atoms with Gasteiger partial charge >= 0.3 is 0 Å². The van der Waals surface area contributed by atoms with Gasteiger partial charge in [-0.25, -0.2) is 4.39 Å². The minimum absolute atomic E-state index is 0.00681. The van der Waals surface area contributed by atoms with Crippen LogP contribution in [0.25, 0.3) is 0 Å². The van der Waals surface area contributed by atoms with Crippen LogP contribution in [0.15, 0.2) is 48.5 Å². The summed E-state index contributed by atoms with van der Waals surface area (Å²) in [5.41, 5.74) is 2.86. The van der Waals surface area contributed by atoms with E-state index in [-0.39, 0.29) is 17.9 Å². The highest BCUT2D eigenvalue weighted by atomic mass is 19.1. The summed E-state index contributed by atoms with van der Waals surface area (Å²) in [5, 5.41) is 6.47. The molecule has 1 unspecified atom stereocenters. The Morgan fingerprint density at radius 1 is 1.00 bits per heavy atom. The average Bonchev–Trinajstić information content (AvgIpc) is 2.69. The van der Waals surface area contributed by atoms with Crippen molar-refractivity contribution in [3.8, 4) is 0 Å². The molecular weight excluding hydrogens is 341 g/mol. The summed E-state index contributed by atoms with van der Waals surface area (Å²) < 4.78 is 13.0. The number of para-hydroxylation sites is 1. The maximum atomic E-state index is 13.0. The van der Waals surface area contributed by atoms with Gasteiger partial charge in [0.15, 0.2) is 0 Å². The number of nitrogens with one attached hydrogen (secondary N) is 2. The number of amides is 1. The Kier molecular flexibility index (Phi) is 5.39. The quantitative estimate of drug-likeness (QED) is 0.848. The molecule has 2 aromatic rings. The summed E-state index contributed by atoms with van der Waals surface area (Å²) in [6.45, 7) is 3.15. The summed E-state index contributed by atoms with van der Waals surface area (Å²) in [7, 11) is 0. The Labute approximate surface area is 159 Å². The number of benzene rings is 2. The number of piperidine rings is 1. The van der Waals surface area contributed by atoms with E-state index in [1.165, 1.54) is 18.4 Å². The molecule has 1 saturated heterocycles. The highest BCUT2D eigenvalue weighted by molar-refractivity contribution is 6.01. The van der Waals surface area contributed by atoms with Crippen LogP contribution < -0.4 is 10.6 Å². The number of nitrogens with zero attached hydrogens (tertiary/aromatic N) is 1. The Morgan fingerprint density at radius 3 is 2.52 bits per heavy atom. The van der Waals surface area contributed by atoms with Gasteiger partial charge in [0.05, 0.1) is 5.56 Å². The Bertz CT molecular complexity index is 784. The van der Waals surface area contributed by atoms with E-state index >= 15 is 0 Å². The number of anilines is 1. The molecule has 142 valence electrons. The predicted octanol–water partition coefficient (Wildman–Crippen LogP) is 3.65. The number of fused-ring (bicyclic) bond motifs is 1. The lowest BCUT2D eigenvalue weighted by Crippen LogP contribution is -2.47. The van der Waals surface area contributed by atoms with Crippen LogP contribution in [0, 0.1) is 11.7 Å². The first kappa shape index (κ1) is 18.0. The van der Waals surface area contributed by atoms with E-state index in [0.29, 0.717) is 5.92 Å². The number of rotatable bonds is 5. The number of likely N-dealkylation sites (tertiary alicyclic amines) is 1. The van der Waals surface area contributed by atoms with E-state index in [0.717, 1.165) is 43.7 Å². The van der Waals surface area contributed by atoms with Crippen molar-refractivity contribution in [1.82, 2.24) is 10.2 Å². The zero-order valence-corrected chi connectivity index (χ0v) is 15.5. The molecule has 2 N–H and O–H groups in total. The lowest BCUT2D eigenvalue weighted by Gasteiger charge is -2.34. The van der Waals surface area contributed by atoms with E-state index in [4.69, 9.17) is 0 Å². The molecule has 1 fully saturated rings. The number of carbonyl (C=O) groups is 1. The van der Waals surface area contributed by atoms with Crippen LogP contribution in [0.3, 0.4) is 0 Å². The normalized spacial score (nSPS) is 20.6. The van der Waals surface area contributed by atoms with E-state index in [2.05, 4.69) is 15.5 Å². The van der Waals surface area contributed by atoms with Gasteiger partial charge in [-0.15, -0.1) is 0 Å². The predicted molar refractivity (Wildman–Crippen MR) is 105 cm³/mol. The van der Waals surface area contributed by atoms with Crippen molar-refractivity contribution in [2.24, 2.45) is 5.92 Å². The summed E-state index contributed by atoms with van der Waals surface area (Å²) in [6.07, 6.45) is 4.26. The molecule has 0 bridgehead atoms. The minimum atomic E-state index is -0.167. The van der Waals surface area contributed by atoms with Gasteiger partial charge < -0.3 is 15.5 Å². The average molecular weight is 367 g/mol. The second-order valence-electron chi connectivity index (χ2n) is 7.62. The zero-order valence-electron chi connectivity index (χ0n) is 15.5. The number of carbonyl (C=O) groups excluding carboxylic acids is 1. The first-order valence-electron chi connectivity index (χ1n) is 9.80.